The minimum absolute atomic E-state index is 0.314. The van der Waals surface area contributed by atoms with Crippen molar-refractivity contribution in [2.24, 2.45) is 0 Å². The van der Waals surface area contributed by atoms with Gasteiger partial charge in [0.15, 0.2) is 15.6 Å². The zero-order valence-electron chi connectivity index (χ0n) is 11.7. The first kappa shape index (κ1) is 15.9. The standard InChI is InChI=1S/C16H15NO4S/c18-15(13-7-3-1-4-8-13)11-22(20,21)12-16(19)17-14-9-5-2-6-10-14/h1-10H,11-12H2,(H,17,19). The van der Waals surface area contributed by atoms with Gasteiger partial charge in [-0.15, -0.1) is 0 Å². The minimum Gasteiger partial charge on any atom is -0.325 e. The van der Waals surface area contributed by atoms with Crippen molar-refractivity contribution in [3.8, 4) is 0 Å². The lowest BCUT2D eigenvalue weighted by molar-refractivity contribution is -0.113. The molecular formula is C16H15NO4S. The molecule has 0 aromatic heterocycles. The normalized spacial score (nSPS) is 10.9. The van der Waals surface area contributed by atoms with Crippen molar-refractivity contribution in [1.29, 1.82) is 0 Å². The predicted octanol–water partition coefficient (Wildman–Crippen LogP) is 1.92. The molecule has 1 amide bonds. The van der Waals surface area contributed by atoms with Crippen LogP contribution in [0.15, 0.2) is 60.7 Å². The zero-order valence-corrected chi connectivity index (χ0v) is 12.5. The SMILES string of the molecule is O=C(CS(=O)(=O)CC(=O)c1ccccc1)Nc1ccccc1. The molecule has 0 atom stereocenters. The number of carbonyl (C=O) groups is 2. The molecule has 0 radical (unpaired) electrons. The second-order valence-corrected chi connectivity index (χ2v) is 6.80. The molecular weight excluding hydrogens is 302 g/mol. The number of hydrogen-bond acceptors (Lipinski definition) is 4. The van der Waals surface area contributed by atoms with Gasteiger partial charge in [0, 0.05) is 11.3 Å². The van der Waals surface area contributed by atoms with Gasteiger partial charge in [-0.05, 0) is 12.1 Å². The summed E-state index contributed by atoms with van der Waals surface area (Å²) in [4.78, 5) is 23.6. The molecule has 1 N–H and O–H groups in total. The van der Waals surface area contributed by atoms with Gasteiger partial charge in [0.2, 0.25) is 5.91 Å². The van der Waals surface area contributed by atoms with Crippen molar-refractivity contribution < 1.29 is 18.0 Å². The fraction of sp³-hybridized carbons (Fsp3) is 0.125. The van der Waals surface area contributed by atoms with Gasteiger partial charge in [-0.2, -0.15) is 0 Å². The molecule has 0 saturated carbocycles. The first-order valence-electron chi connectivity index (χ1n) is 6.60. The summed E-state index contributed by atoms with van der Waals surface area (Å²) in [7, 11) is -3.81. The third-order valence-corrected chi connectivity index (χ3v) is 4.26. The highest BCUT2D eigenvalue weighted by molar-refractivity contribution is 7.92. The van der Waals surface area contributed by atoms with E-state index in [9.17, 15) is 18.0 Å². The van der Waals surface area contributed by atoms with Crippen molar-refractivity contribution in [2.45, 2.75) is 0 Å². The van der Waals surface area contributed by atoms with Gasteiger partial charge in [0.25, 0.3) is 0 Å². The number of para-hydroxylation sites is 1. The number of sulfone groups is 1. The van der Waals surface area contributed by atoms with Crippen molar-refractivity contribution in [3.63, 3.8) is 0 Å². The van der Waals surface area contributed by atoms with Crippen LogP contribution in [0.2, 0.25) is 0 Å². The molecule has 0 unspecified atom stereocenters. The summed E-state index contributed by atoms with van der Waals surface area (Å²) in [6.45, 7) is 0. The van der Waals surface area contributed by atoms with Gasteiger partial charge in [-0.3, -0.25) is 9.59 Å². The topological polar surface area (TPSA) is 80.3 Å². The Morgan fingerprint density at radius 2 is 1.36 bits per heavy atom. The average molecular weight is 317 g/mol. The van der Waals surface area contributed by atoms with Crippen molar-refractivity contribution >= 4 is 27.2 Å². The second-order valence-electron chi connectivity index (χ2n) is 4.74. The van der Waals surface area contributed by atoms with Crippen LogP contribution in [0.25, 0.3) is 0 Å². The number of benzene rings is 2. The summed E-state index contributed by atoms with van der Waals surface area (Å²) in [5, 5.41) is 2.48. The number of Topliss-reactive ketones (excluding diaryl/α,β-unsaturated/α-hetero) is 1. The molecule has 2 rings (SSSR count). The number of anilines is 1. The third kappa shape index (κ3) is 4.82. The number of nitrogens with one attached hydrogen (secondary N) is 1. The van der Waals surface area contributed by atoms with E-state index >= 15 is 0 Å². The number of carbonyl (C=O) groups excluding carboxylic acids is 2. The van der Waals surface area contributed by atoms with Crippen molar-refractivity contribution in [2.75, 3.05) is 16.8 Å². The first-order valence-corrected chi connectivity index (χ1v) is 8.42. The Hall–Kier alpha value is -2.47. The van der Waals surface area contributed by atoms with E-state index in [-0.39, 0.29) is 0 Å². The van der Waals surface area contributed by atoms with Gasteiger partial charge < -0.3 is 5.32 Å². The highest BCUT2D eigenvalue weighted by atomic mass is 32.2. The maximum absolute atomic E-state index is 11.9. The van der Waals surface area contributed by atoms with Gasteiger partial charge >= 0.3 is 0 Å². The van der Waals surface area contributed by atoms with Gasteiger partial charge in [-0.1, -0.05) is 48.5 Å². The van der Waals surface area contributed by atoms with Crippen LogP contribution >= 0.6 is 0 Å². The van der Waals surface area contributed by atoms with E-state index < -0.39 is 33.0 Å². The molecule has 2 aromatic rings. The van der Waals surface area contributed by atoms with Crippen molar-refractivity contribution in [3.05, 3.63) is 66.2 Å². The number of ketones is 1. The number of rotatable bonds is 6. The number of hydrogen-bond donors (Lipinski definition) is 1. The molecule has 6 heteroatoms. The zero-order chi connectivity index (χ0) is 16.0. The van der Waals surface area contributed by atoms with E-state index in [2.05, 4.69) is 5.32 Å². The maximum atomic E-state index is 11.9. The lowest BCUT2D eigenvalue weighted by atomic mass is 10.2. The fourth-order valence-corrected chi connectivity index (χ4v) is 3.02. The molecule has 2 aromatic carbocycles. The molecule has 0 aliphatic rings. The summed E-state index contributed by atoms with van der Waals surface area (Å²) in [6, 6.07) is 16.7. The molecule has 0 aliphatic heterocycles. The molecule has 0 fully saturated rings. The summed E-state index contributed by atoms with van der Waals surface area (Å²) in [5.74, 6) is -2.58. The second kappa shape index (κ2) is 7.00. The molecule has 0 saturated heterocycles. The van der Waals surface area contributed by atoms with E-state index in [1.54, 1.807) is 60.7 Å². The van der Waals surface area contributed by atoms with Gasteiger partial charge in [0.05, 0.1) is 0 Å². The Kier molecular flexibility index (Phi) is 5.06. The van der Waals surface area contributed by atoms with Crippen LogP contribution in [0, 0.1) is 0 Å². The van der Waals surface area contributed by atoms with E-state index in [1.165, 1.54) is 0 Å². The Morgan fingerprint density at radius 3 is 1.95 bits per heavy atom. The maximum Gasteiger partial charge on any atom is 0.239 e. The van der Waals surface area contributed by atoms with E-state index in [1.807, 2.05) is 0 Å². The lowest BCUT2D eigenvalue weighted by Gasteiger charge is -2.06. The van der Waals surface area contributed by atoms with Crippen LogP contribution < -0.4 is 5.32 Å². The van der Waals surface area contributed by atoms with Crippen LogP contribution in [-0.4, -0.2) is 31.6 Å². The lowest BCUT2D eigenvalue weighted by Crippen LogP contribution is -2.27. The quantitative estimate of drug-likeness (QED) is 0.826. The summed E-state index contributed by atoms with van der Waals surface area (Å²) < 4.78 is 23.9. The molecule has 0 heterocycles. The Bertz CT molecular complexity index is 755. The average Bonchev–Trinajstić information content (AvgIpc) is 2.48. The van der Waals surface area contributed by atoms with Gasteiger partial charge in [0.1, 0.15) is 11.5 Å². The molecule has 0 bridgehead atoms. The van der Waals surface area contributed by atoms with Crippen LogP contribution in [-0.2, 0) is 14.6 Å². The molecule has 0 spiro atoms. The molecule has 5 nitrogen and oxygen atoms in total. The highest BCUT2D eigenvalue weighted by Crippen LogP contribution is 2.07. The smallest absolute Gasteiger partial charge is 0.239 e. The van der Waals surface area contributed by atoms with E-state index in [0.29, 0.717) is 11.3 Å². The highest BCUT2D eigenvalue weighted by Gasteiger charge is 2.21. The van der Waals surface area contributed by atoms with E-state index in [4.69, 9.17) is 0 Å². The molecule has 0 aliphatic carbocycles. The fourth-order valence-electron chi connectivity index (χ4n) is 1.88. The van der Waals surface area contributed by atoms with Crippen LogP contribution in [0.3, 0.4) is 0 Å². The minimum atomic E-state index is -3.81. The number of amides is 1. The largest absolute Gasteiger partial charge is 0.325 e. The van der Waals surface area contributed by atoms with Crippen molar-refractivity contribution in [1.82, 2.24) is 0 Å². The monoisotopic (exact) mass is 317 g/mol. The van der Waals surface area contributed by atoms with Gasteiger partial charge in [-0.25, -0.2) is 8.42 Å². The molecule has 114 valence electrons. The molecule has 22 heavy (non-hydrogen) atoms. The Labute approximate surface area is 128 Å². The van der Waals surface area contributed by atoms with E-state index in [0.717, 1.165) is 0 Å². The summed E-state index contributed by atoms with van der Waals surface area (Å²) in [5.41, 5.74) is 0.826. The Morgan fingerprint density at radius 1 is 0.818 bits per heavy atom. The summed E-state index contributed by atoms with van der Waals surface area (Å²) in [6.07, 6.45) is 0. The predicted molar refractivity (Wildman–Crippen MR) is 84.5 cm³/mol. The van der Waals surface area contributed by atoms with Crippen LogP contribution in [0.4, 0.5) is 5.69 Å². The third-order valence-electron chi connectivity index (χ3n) is 2.86. The summed E-state index contributed by atoms with van der Waals surface area (Å²) >= 11 is 0. The first-order chi connectivity index (χ1) is 10.5. The van der Waals surface area contributed by atoms with Crippen LogP contribution in [0.5, 0.6) is 0 Å². The Balaban J connectivity index is 1.96. The van der Waals surface area contributed by atoms with Crippen LogP contribution in [0.1, 0.15) is 10.4 Å².